The molecule has 1 rings (SSSR count). The van der Waals surface area contributed by atoms with Gasteiger partial charge in [0.1, 0.15) is 0 Å². The summed E-state index contributed by atoms with van der Waals surface area (Å²) in [5, 5.41) is 9.52. The Hall–Kier alpha value is -1.11. The summed E-state index contributed by atoms with van der Waals surface area (Å²) in [6, 6.07) is 6.25. The Morgan fingerprint density at radius 3 is 2.35 bits per heavy atom. The first-order valence-corrected chi connectivity index (χ1v) is 6.99. The van der Waals surface area contributed by atoms with Crippen LogP contribution in [0.15, 0.2) is 24.3 Å². The molecule has 0 fully saturated rings. The first-order valence-electron chi connectivity index (χ1n) is 4.72. The maximum Gasteiger partial charge on any atom is 0.312 e. The van der Waals surface area contributed by atoms with Crippen molar-refractivity contribution in [3.8, 4) is 0 Å². The first kappa shape index (κ1) is 14.0. The van der Waals surface area contributed by atoms with E-state index in [0.717, 1.165) is 6.26 Å². The van der Waals surface area contributed by atoms with E-state index in [-0.39, 0.29) is 6.54 Å². The van der Waals surface area contributed by atoms with E-state index in [4.69, 9.17) is 16.7 Å². The third kappa shape index (κ3) is 4.72. The molecular weight excluding hydrogens is 266 g/mol. The summed E-state index contributed by atoms with van der Waals surface area (Å²) >= 11 is 5.69. The van der Waals surface area contributed by atoms with E-state index in [1.54, 1.807) is 24.3 Å². The molecule has 7 heteroatoms. The van der Waals surface area contributed by atoms with Crippen molar-refractivity contribution in [3.63, 3.8) is 0 Å². The highest BCUT2D eigenvalue weighted by Gasteiger charge is 2.20. The predicted octanol–water partition coefficient (Wildman–Crippen LogP) is 1.06. The molecule has 2 N–H and O–H groups in total. The highest BCUT2D eigenvalue weighted by Crippen LogP contribution is 2.18. The second-order valence-electron chi connectivity index (χ2n) is 3.56. The van der Waals surface area contributed by atoms with Crippen LogP contribution in [-0.2, 0) is 14.8 Å². The summed E-state index contributed by atoms with van der Waals surface area (Å²) in [5.74, 6) is -2.02. The molecule has 0 spiro atoms. The number of halogens is 1. The molecule has 0 amide bonds. The van der Waals surface area contributed by atoms with Crippen molar-refractivity contribution in [3.05, 3.63) is 34.9 Å². The largest absolute Gasteiger partial charge is 0.481 e. The number of nitrogens with one attached hydrogen (secondary N) is 1. The molecule has 0 saturated heterocycles. The molecule has 0 saturated carbocycles. The van der Waals surface area contributed by atoms with Crippen molar-refractivity contribution in [2.45, 2.75) is 5.92 Å². The molecular formula is C10H12ClNO4S. The molecule has 5 nitrogen and oxygen atoms in total. The molecule has 0 radical (unpaired) electrons. The first-order chi connectivity index (χ1) is 7.79. The molecule has 0 aromatic heterocycles. The van der Waals surface area contributed by atoms with Crippen LogP contribution in [0.4, 0.5) is 0 Å². The predicted molar refractivity (Wildman–Crippen MR) is 64.7 cm³/mol. The molecule has 94 valence electrons. The van der Waals surface area contributed by atoms with Crippen LogP contribution in [0, 0.1) is 0 Å². The van der Waals surface area contributed by atoms with Gasteiger partial charge in [-0.1, -0.05) is 23.7 Å². The maximum atomic E-state index is 11.0. The molecule has 0 aliphatic heterocycles. The highest BCUT2D eigenvalue weighted by molar-refractivity contribution is 7.88. The minimum absolute atomic E-state index is 0.185. The zero-order valence-electron chi connectivity index (χ0n) is 9.05. The fourth-order valence-electron chi connectivity index (χ4n) is 1.28. The van der Waals surface area contributed by atoms with Gasteiger partial charge in [-0.2, -0.15) is 0 Å². The van der Waals surface area contributed by atoms with Gasteiger partial charge in [-0.3, -0.25) is 4.79 Å². The van der Waals surface area contributed by atoms with Gasteiger partial charge in [0.15, 0.2) is 0 Å². The summed E-state index contributed by atoms with van der Waals surface area (Å²) in [6.45, 7) is -0.185. The van der Waals surface area contributed by atoms with E-state index < -0.39 is 21.9 Å². The van der Waals surface area contributed by atoms with Gasteiger partial charge in [0.2, 0.25) is 10.0 Å². The van der Waals surface area contributed by atoms with Gasteiger partial charge < -0.3 is 5.11 Å². The van der Waals surface area contributed by atoms with Crippen molar-refractivity contribution in [2.75, 3.05) is 12.8 Å². The maximum absolute atomic E-state index is 11.0. The van der Waals surface area contributed by atoms with Gasteiger partial charge >= 0.3 is 5.97 Å². The smallest absolute Gasteiger partial charge is 0.312 e. The molecule has 0 aliphatic rings. The van der Waals surface area contributed by atoms with Gasteiger partial charge in [-0.25, -0.2) is 13.1 Å². The van der Waals surface area contributed by atoms with E-state index >= 15 is 0 Å². The molecule has 0 bridgehead atoms. The zero-order valence-corrected chi connectivity index (χ0v) is 10.6. The van der Waals surface area contributed by atoms with Crippen molar-refractivity contribution >= 4 is 27.6 Å². The van der Waals surface area contributed by atoms with E-state index in [2.05, 4.69) is 4.72 Å². The van der Waals surface area contributed by atoms with E-state index in [0.29, 0.717) is 10.6 Å². The monoisotopic (exact) mass is 277 g/mol. The lowest BCUT2D eigenvalue weighted by molar-refractivity contribution is -0.138. The third-order valence-electron chi connectivity index (χ3n) is 2.12. The Kier molecular flexibility index (Phi) is 4.50. The SMILES string of the molecule is CS(=O)(=O)NCC(C(=O)O)c1ccc(Cl)cc1. The molecule has 1 aromatic rings. The number of hydrogen-bond donors (Lipinski definition) is 2. The minimum Gasteiger partial charge on any atom is -0.481 e. The summed E-state index contributed by atoms with van der Waals surface area (Å²) in [6.07, 6.45) is 0.980. The second-order valence-corrected chi connectivity index (χ2v) is 5.83. The van der Waals surface area contributed by atoms with E-state index in [1.807, 2.05) is 0 Å². The quantitative estimate of drug-likeness (QED) is 0.843. The average Bonchev–Trinajstić information content (AvgIpc) is 2.18. The Morgan fingerprint density at radius 2 is 1.94 bits per heavy atom. The van der Waals surface area contributed by atoms with Crippen LogP contribution in [-0.4, -0.2) is 32.3 Å². The van der Waals surface area contributed by atoms with Crippen LogP contribution in [0.5, 0.6) is 0 Å². The molecule has 0 aliphatic carbocycles. The lowest BCUT2D eigenvalue weighted by atomic mass is 10.00. The Balaban J connectivity index is 2.87. The molecule has 1 atom stereocenters. The molecule has 0 heterocycles. The molecule has 17 heavy (non-hydrogen) atoms. The lowest BCUT2D eigenvalue weighted by Crippen LogP contribution is -2.30. The van der Waals surface area contributed by atoms with Crippen LogP contribution >= 0.6 is 11.6 Å². The molecule has 1 aromatic carbocycles. The average molecular weight is 278 g/mol. The third-order valence-corrected chi connectivity index (χ3v) is 3.06. The number of rotatable bonds is 5. The topological polar surface area (TPSA) is 83.5 Å². The summed E-state index contributed by atoms with van der Waals surface area (Å²) < 4.78 is 24.0. The standard InChI is InChI=1S/C10H12ClNO4S/c1-17(15,16)12-6-9(10(13)14)7-2-4-8(11)5-3-7/h2-5,9,12H,6H2,1H3,(H,13,14). The number of hydrogen-bond acceptors (Lipinski definition) is 3. The van der Waals surface area contributed by atoms with Crippen molar-refractivity contribution in [1.29, 1.82) is 0 Å². The highest BCUT2D eigenvalue weighted by atomic mass is 35.5. The number of sulfonamides is 1. The van der Waals surface area contributed by atoms with Gasteiger partial charge in [0, 0.05) is 11.6 Å². The van der Waals surface area contributed by atoms with Gasteiger partial charge in [0.05, 0.1) is 12.2 Å². The number of carbonyl (C=O) groups is 1. The van der Waals surface area contributed by atoms with Gasteiger partial charge in [0.25, 0.3) is 0 Å². The summed E-state index contributed by atoms with van der Waals surface area (Å²) in [5.41, 5.74) is 0.498. The van der Waals surface area contributed by atoms with Gasteiger partial charge in [-0.05, 0) is 17.7 Å². The van der Waals surface area contributed by atoms with Crippen molar-refractivity contribution in [1.82, 2.24) is 4.72 Å². The van der Waals surface area contributed by atoms with Crippen LogP contribution < -0.4 is 4.72 Å². The molecule has 1 unspecified atom stereocenters. The van der Waals surface area contributed by atoms with Crippen LogP contribution in [0.25, 0.3) is 0 Å². The van der Waals surface area contributed by atoms with Crippen molar-refractivity contribution < 1.29 is 18.3 Å². The van der Waals surface area contributed by atoms with E-state index in [1.165, 1.54) is 0 Å². The number of carboxylic acids is 1. The van der Waals surface area contributed by atoms with Crippen LogP contribution in [0.2, 0.25) is 5.02 Å². The van der Waals surface area contributed by atoms with Gasteiger partial charge in [-0.15, -0.1) is 0 Å². The van der Waals surface area contributed by atoms with Crippen molar-refractivity contribution in [2.24, 2.45) is 0 Å². The normalized spacial score (nSPS) is 13.3. The summed E-state index contributed by atoms with van der Waals surface area (Å²) in [7, 11) is -3.41. The van der Waals surface area contributed by atoms with E-state index in [9.17, 15) is 13.2 Å². The number of carboxylic acid groups (broad SMARTS) is 1. The number of aliphatic carboxylic acids is 1. The zero-order chi connectivity index (χ0) is 13.1. The Bertz CT molecular complexity index is 498. The Morgan fingerprint density at radius 1 is 1.41 bits per heavy atom. The lowest BCUT2D eigenvalue weighted by Gasteiger charge is -2.12. The van der Waals surface area contributed by atoms with Crippen LogP contribution in [0.1, 0.15) is 11.5 Å². The fraction of sp³-hybridized carbons (Fsp3) is 0.300. The second kappa shape index (κ2) is 5.48. The minimum atomic E-state index is -3.41. The summed E-state index contributed by atoms with van der Waals surface area (Å²) in [4.78, 5) is 11.0. The number of benzene rings is 1. The fourth-order valence-corrected chi connectivity index (χ4v) is 1.87. The Labute approximate surface area is 104 Å². The van der Waals surface area contributed by atoms with Crippen LogP contribution in [0.3, 0.4) is 0 Å².